The van der Waals surface area contributed by atoms with Gasteiger partial charge in [-0.15, -0.1) is 0 Å². The van der Waals surface area contributed by atoms with Crippen LogP contribution in [0.5, 0.6) is 11.5 Å². The summed E-state index contributed by atoms with van der Waals surface area (Å²) in [5.41, 5.74) is 0. The number of hydrogen-bond acceptors (Lipinski definition) is 6. The molecule has 0 bridgehead atoms. The van der Waals surface area contributed by atoms with Gasteiger partial charge in [-0.05, 0) is 25.0 Å². The van der Waals surface area contributed by atoms with Crippen molar-refractivity contribution in [1.29, 1.82) is 0 Å². The summed E-state index contributed by atoms with van der Waals surface area (Å²) in [6, 6.07) is 3.60. The molecule has 1 saturated heterocycles. The summed E-state index contributed by atoms with van der Waals surface area (Å²) in [5.74, 6) is 0.592. The van der Waals surface area contributed by atoms with Gasteiger partial charge in [-0.1, -0.05) is 0 Å². The highest BCUT2D eigenvalue weighted by Gasteiger charge is 2.32. The van der Waals surface area contributed by atoms with Gasteiger partial charge in [0.15, 0.2) is 11.5 Å². The van der Waals surface area contributed by atoms with E-state index < -0.39 is 16.1 Å². The number of hydrogen-bond donors (Lipinski definition) is 2. The number of aliphatic hydroxyl groups is 1. The van der Waals surface area contributed by atoms with Gasteiger partial charge in [0, 0.05) is 25.6 Å². The number of likely N-dealkylation sites (tertiary alicyclic amines) is 1. The lowest BCUT2D eigenvalue weighted by molar-refractivity contribution is -0.135. The summed E-state index contributed by atoms with van der Waals surface area (Å²) in [5, 5.41) is 9.01. The van der Waals surface area contributed by atoms with Crippen LogP contribution < -0.4 is 14.2 Å². The number of ether oxygens (including phenoxy) is 2. The monoisotopic (exact) mass is 370 g/mol. The van der Waals surface area contributed by atoms with E-state index in [9.17, 15) is 13.2 Å². The molecule has 0 spiro atoms. The summed E-state index contributed by atoms with van der Waals surface area (Å²) in [6.07, 6.45) is 1.84. The number of benzene rings is 1. The van der Waals surface area contributed by atoms with Gasteiger partial charge in [0.2, 0.25) is 15.9 Å². The van der Waals surface area contributed by atoms with Gasteiger partial charge < -0.3 is 19.5 Å². The second-order valence-corrected chi connectivity index (χ2v) is 7.74. The van der Waals surface area contributed by atoms with E-state index in [1.807, 2.05) is 0 Å². The Kier molecular flexibility index (Phi) is 5.45. The maximum absolute atomic E-state index is 12.7. The molecule has 0 aromatic heterocycles. The molecule has 2 aliphatic rings. The molecule has 8 nitrogen and oxygen atoms in total. The minimum atomic E-state index is -3.87. The average Bonchev–Trinajstić information content (AvgIpc) is 2.83. The Balaban J connectivity index is 1.77. The van der Waals surface area contributed by atoms with E-state index in [0.29, 0.717) is 44.1 Å². The van der Waals surface area contributed by atoms with Gasteiger partial charge in [-0.2, -0.15) is 4.72 Å². The lowest BCUT2D eigenvalue weighted by atomic mass is 10.1. The number of carbonyl (C=O) groups excluding carboxylic acids is 1. The van der Waals surface area contributed by atoms with E-state index in [1.54, 1.807) is 6.07 Å². The van der Waals surface area contributed by atoms with Crippen molar-refractivity contribution in [2.75, 3.05) is 32.9 Å². The normalized spacial score (nSPS) is 21.1. The van der Waals surface area contributed by atoms with Gasteiger partial charge in [-0.25, -0.2) is 8.42 Å². The Morgan fingerprint density at radius 2 is 1.96 bits per heavy atom. The number of nitrogens with one attached hydrogen (secondary N) is 1. The van der Waals surface area contributed by atoms with E-state index in [4.69, 9.17) is 14.6 Å². The Morgan fingerprint density at radius 1 is 1.20 bits per heavy atom. The molecule has 0 radical (unpaired) electrons. The fourth-order valence-electron chi connectivity index (χ4n) is 2.96. The number of aliphatic hydroxyl groups excluding tert-OH is 1. The number of amides is 1. The van der Waals surface area contributed by atoms with Crippen LogP contribution in [0.25, 0.3) is 0 Å². The SMILES string of the molecule is O=C1C(NS(=O)(=O)c2ccc3c(c2)OCCCO3)CCCN1CCO. The maximum Gasteiger partial charge on any atom is 0.241 e. The zero-order chi connectivity index (χ0) is 17.9. The number of carbonyl (C=O) groups is 1. The van der Waals surface area contributed by atoms with Crippen LogP contribution in [0.4, 0.5) is 0 Å². The van der Waals surface area contributed by atoms with Gasteiger partial charge in [-0.3, -0.25) is 4.79 Å². The quantitative estimate of drug-likeness (QED) is 0.762. The number of rotatable bonds is 5. The van der Waals surface area contributed by atoms with Crippen molar-refractivity contribution in [3.63, 3.8) is 0 Å². The summed E-state index contributed by atoms with van der Waals surface area (Å²) < 4.78 is 38.8. The second-order valence-electron chi connectivity index (χ2n) is 6.02. The number of sulfonamides is 1. The molecule has 25 heavy (non-hydrogen) atoms. The third-order valence-electron chi connectivity index (χ3n) is 4.23. The van der Waals surface area contributed by atoms with Crippen molar-refractivity contribution < 1.29 is 27.8 Å². The number of fused-ring (bicyclic) bond motifs is 1. The van der Waals surface area contributed by atoms with Gasteiger partial charge in [0.05, 0.1) is 24.7 Å². The summed E-state index contributed by atoms with van der Waals surface area (Å²) in [6.45, 7) is 1.58. The van der Waals surface area contributed by atoms with Crippen LogP contribution >= 0.6 is 0 Å². The molecule has 9 heteroatoms. The molecular formula is C16H22N2O6S. The van der Waals surface area contributed by atoms with Gasteiger partial charge in [0.1, 0.15) is 6.04 Å². The van der Waals surface area contributed by atoms with Gasteiger partial charge >= 0.3 is 0 Å². The Morgan fingerprint density at radius 3 is 2.72 bits per heavy atom. The van der Waals surface area contributed by atoms with E-state index >= 15 is 0 Å². The fraction of sp³-hybridized carbons (Fsp3) is 0.562. The molecule has 1 aromatic carbocycles. The first-order chi connectivity index (χ1) is 12.0. The fourth-order valence-corrected chi connectivity index (χ4v) is 4.20. The smallest absolute Gasteiger partial charge is 0.241 e. The number of piperidine rings is 1. The summed E-state index contributed by atoms with van der Waals surface area (Å²) in [4.78, 5) is 13.9. The first-order valence-corrected chi connectivity index (χ1v) is 9.81. The average molecular weight is 370 g/mol. The van der Waals surface area contributed by atoms with Crippen molar-refractivity contribution in [2.24, 2.45) is 0 Å². The van der Waals surface area contributed by atoms with E-state index in [2.05, 4.69) is 4.72 Å². The highest BCUT2D eigenvalue weighted by molar-refractivity contribution is 7.89. The van der Waals surface area contributed by atoms with Crippen LogP contribution in [-0.4, -0.2) is 63.3 Å². The van der Waals surface area contributed by atoms with Crippen molar-refractivity contribution in [3.05, 3.63) is 18.2 Å². The molecule has 1 unspecified atom stereocenters. The zero-order valence-electron chi connectivity index (χ0n) is 13.8. The van der Waals surface area contributed by atoms with Crippen LogP contribution in [0.3, 0.4) is 0 Å². The van der Waals surface area contributed by atoms with Crippen LogP contribution in [0.15, 0.2) is 23.1 Å². The highest BCUT2D eigenvalue weighted by Crippen LogP contribution is 2.32. The van der Waals surface area contributed by atoms with Crippen molar-refractivity contribution in [2.45, 2.75) is 30.2 Å². The highest BCUT2D eigenvalue weighted by atomic mass is 32.2. The molecule has 3 rings (SSSR count). The minimum Gasteiger partial charge on any atom is -0.490 e. The van der Waals surface area contributed by atoms with E-state index in [0.717, 1.165) is 6.42 Å². The lowest BCUT2D eigenvalue weighted by Crippen LogP contribution is -2.52. The molecule has 0 aliphatic carbocycles. The van der Waals surface area contributed by atoms with E-state index in [1.165, 1.54) is 17.0 Å². The van der Waals surface area contributed by atoms with Gasteiger partial charge in [0.25, 0.3) is 0 Å². The molecule has 1 amide bonds. The summed E-state index contributed by atoms with van der Waals surface area (Å²) >= 11 is 0. The van der Waals surface area contributed by atoms with Crippen LogP contribution in [0.1, 0.15) is 19.3 Å². The molecule has 2 heterocycles. The number of nitrogens with zero attached hydrogens (tertiary/aromatic N) is 1. The first-order valence-electron chi connectivity index (χ1n) is 8.33. The van der Waals surface area contributed by atoms with Crippen molar-refractivity contribution in [1.82, 2.24) is 9.62 Å². The minimum absolute atomic E-state index is 0.0313. The molecule has 2 aliphatic heterocycles. The van der Waals surface area contributed by atoms with Crippen LogP contribution in [-0.2, 0) is 14.8 Å². The standard InChI is InChI=1S/C16H22N2O6S/c19-8-7-18-6-1-3-13(16(18)20)17-25(21,22)12-4-5-14-15(11-12)24-10-2-9-23-14/h4-5,11,13,17,19H,1-3,6-10H2. The molecule has 1 aromatic rings. The Bertz CT molecular complexity index is 734. The third kappa shape index (κ3) is 4.05. The molecule has 138 valence electrons. The topological polar surface area (TPSA) is 105 Å². The molecule has 1 fully saturated rings. The Hall–Kier alpha value is -1.84. The molecule has 0 saturated carbocycles. The van der Waals surface area contributed by atoms with Crippen molar-refractivity contribution in [3.8, 4) is 11.5 Å². The van der Waals surface area contributed by atoms with Crippen LogP contribution in [0.2, 0.25) is 0 Å². The molecule has 1 atom stereocenters. The lowest BCUT2D eigenvalue weighted by Gasteiger charge is -2.32. The third-order valence-corrected chi connectivity index (χ3v) is 5.70. The maximum atomic E-state index is 12.7. The zero-order valence-corrected chi connectivity index (χ0v) is 14.6. The van der Waals surface area contributed by atoms with E-state index in [-0.39, 0.29) is 24.0 Å². The van der Waals surface area contributed by atoms with Crippen LogP contribution in [0, 0.1) is 0 Å². The largest absolute Gasteiger partial charge is 0.490 e. The predicted molar refractivity (Wildman–Crippen MR) is 89.1 cm³/mol. The molecular weight excluding hydrogens is 348 g/mol. The second kappa shape index (κ2) is 7.59. The first kappa shape index (κ1) is 18.0. The predicted octanol–water partition coefficient (Wildman–Crippen LogP) is 0.109. The Labute approximate surface area is 146 Å². The number of β-amino-alcohol motifs (C(OH)–C–C–N with tert-alkyl or cyclic N) is 1. The molecule has 2 N–H and O–H groups in total. The van der Waals surface area contributed by atoms with Crippen molar-refractivity contribution >= 4 is 15.9 Å². The summed E-state index contributed by atoms with van der Waals surface area (Å²) in [7, 11) is -3.87.